The minimum atomic E-state index is 0.0600. The predicted molar refractivity (Wildman–Crippen MR) is 66.2 cm³/mol. The summed E-state index contributed by atoms with van der Waals surface area (Å²) in [4.78, 5) is 11.6. The van der Waals surface area contributed by atoms with Crippen LogP contribution < -0.4 is 11.1 Å². The molecule has 0 saturated carbocycles. The van der Waals surface area contributed by atoms with Gasteiger partial charge in [-0.3, -0.25) is 4.79 Å². The fourth-order valence-electron chi connectivity index (χ4n) is 1.54. The van der Waals surface area contributed by atoms with Gasteiger partial charge in [-0.1, -0.05) is 29.8 Å². The third kappa shape index (κ3) is 4.45. The van der Waals surface area contributed by atoms with Crippen LogP contribution in [0.2, 0.25) is 0 Å². The van der Waals surface area contributed by atoms with Gasteiger partial charge in [0.05, 0.1) is 6.42 Å². The van der Waals surface area contributed by atoms with Gasteiger partial charge in [0.1, 0.15) is 0 Å². The van der Waals surface area contributed by atoms with Gasteiger partial charge in [0.2, 0.25) is 5.91 Å². The smallest absolute Gasteiger partial charge is 0.224 e. The van der Waals surface area contributed by atoms with Crippen molar-refractivity contribution in [2.75, 3.05) is 6.54 Å². The van der Waals surface area contributed by atoms with E-state index in [1.54, 1.807) is 0 Å². The van der Waals surface area contributed by atoms with Crippen LogP contribution in [0.4, 0.5) is 0 Å². The summed E-state index contributed by atoms with van der Waals surface area (Å²) in [6.07, 6.45) is 1.26. The molecular formula is C13H20N2O. The van der Waals surface area contributed by atoms with Crippen LogP contribution in [0.5, 0.6) is 0 Å². The number of rotatable bonds is 5. The summed E-state index contributed by atoms with van der Waals surface area (Å²) in [5.41, 5.74) is 7.68. The number of nitrogens with two attached hydrogens (primary N) is 1. The van der Waals surface area contributed by atoms with Crippen molar-refractivity contribution < 1.29 is 4.79 Å². The van der Waals surface area contributed by atoms with E-state index in [1.165, 1.54) is 5.56 Å². The lowest BCUT2D eigenvalue weighted by Gasteiger charge is -2.12. The monoisotopic (exact) mass is 220 g/mol. The molecule has 1 aromatic carbocycles. The zero-order valence-electron chi connectivity index (χ0n) is 9.99. The van der Waals surface area contributed by atoms with Crippen LogP contribution in [0, 0.1) is 6.92 Å². The van der Waals surface area contributed by atoms with E-state index in [2.05, 4.69) is 5.32 Å². The first kappa shape index (κ1) is 12.7. The molecule has 3 nitrogen and oxygen atoms in total. The number of amides is 1. The van der Waals surface area contributed by atoms with Crippen molar-refractivity contribution >= 4 is 5.91 Å². The van der Waals surface area contributed by atoms with E-state index in [0.717, 1.165) is 12.0 Å². The van der Waals surface area contributed by atoms with Crippen molar-refractivity contribution in [1.29, 1.82) is 0 Å². The molecule has 0 radical (unpaired) electrons. The Morgan fingerprint density at radius 2 is 2.00 bits per heavy atom. The van der Waals surface area contributed by atoms with E-state index in [-0.39, 0.29) is 11.9 Å². The average Bonchev–Trinajstić information content (AvgIpc) is 2.21. The van der Waals surface area contributed by atoms with Crippen molar-refractivity contribution in [3.8, 4) is 0 Å². The van der Waals surface area contributed by atoms with E-state index in [4.69, 9.17) is 5.73 Å². The molecule has 3 heteroatoms. The summed E-state index contributed by atoms with van der Waals surface area (Å²) in [7, 11) is 0. The summed E-state index contributed by atoms with van der Waals surface area (Å²) < 4.78 is 0. The van der Waals surface area contributed by atoms with E-state index in [1.807, 2.05) is 38.1 Å². The summed E-state index contributed by atoms with van der Waals surface area (Å²) >= 11 is 0. The first-order valence-electron chi connectivity index (χ1n) is 5.67. The minimum absolute atomic E-state index is 0.0600. The molecule has 0 aliphatic rings. The van der Waals surface area contributed by atoms with Gasteiger partial charge in [0.15, 0.2) is 0 Å². The third-order valence-electron chi connectivity index (χ3n) is 2.49. The molecule has 3 N–H and O–H groups in total. The Bertz CT molecular complexity index is 332. The Balaban J connectivity index is 2.42. The zero-order valence-corrected chi connectivity index (χ0v) is 9.99. The van der Waals surface area contributed by atoms with Crippen LogP contribution in [-0.4, -0.2) is 18.5 Å². The Hall–Kier alpha value is -1.35. The largest absolute Gasteiger partial charge is 0.353 e. The first-order chi connectivity index (χ1) is 7.61. The highest BCUT2D eigenvalue weighted by molar-refractivity contribution is 5.78. The quantitative estimate of drug-likeness (QED) is 0.788. The molecule has 1 aromatic rings. The Morgan fingerprint density at radius 3 is 2.56 bits per heavy atom. The van der Waals surface area contributed by atoms with Crippen LogP contribution in [0.25, 0.3) is 0 Å². The molecule has 0 saturated heterocycles. The zero-order chi connectivity index (χ0) is 12.0. The summed E-state index contributed by atoms with van der Waals surface area (Å²) in [6, 6.07) is 8.17. The predicted octanol–water partition coefficient (Wildman–Crippen LogP) is 1.39. The SMILES string of the molecule is Cc1ccc(CC(=O)NC(C)CCN)cc1. The van der Waals surface area contributed by atoms with Gasteiger partial charge >= 0.3 is 0 Å². The molecule has 0 aliphatic carbocycles. The second-order valence-electron chi connectivity index (χ2n) is 4.21. The molecule has 0 fully saturated rings. The second-order valence-corrected chi connectivity index (χ2v) is 4.21. The second kappa shape index (κ2) is 6.28. The Kier molecular flexibility index (Phi) is 4.99. The van der Waals surface area contributed by atoms with Crippen LogP contribution in [0.1, 0.15) is 24.5 Å². The van der Waals surface area contributed by atoms with Crippen LogP contribution in [-0.2, 0) is 11.2 Å². The molecule has 88 valence electrons. The number of carbonyl (C=O) groups is 1. The molecular weight excluding hydrogens is 200 g/mol. The van der Waals surface area contributed by atoms with E-state index in [0.29, 0.717) is 13.0 Å². The lowest BCUT2D eigenvalue weighted by atomic mass is 10.1. The number of aryl methyl sites for hydroxylation is 1. The average molecular weight is 220 g/mol. The molecule has 0 aliphatic heterocycles. The highest BCUT2D eigenvalue weighted by atomic mass is 16.1. The van der Waals surface area contributed by atoms with E-state index >= 15 is 0 Å². The van der Waals surface area contributed by atoms with Gasteiger partial charge in [-0.2, -0.15) is 0 Å². The van der Waals surface area contributed by atoms with Gasteiger partial charge in [-0.05, 0) is 32.4 Å². The standard InChI is InChI=1S/C13H20N2O/c1-10-3-5-12(6-4-10)9-13(16)15-11(2)7-8-14/h3-6,11H,7-9,14H2,1-2H3,(H,15,16). The number of carbonyl (C=O) groups excluding carboxylic acids is 1. The van der Waals surface area contributed by atoms with Gasteiger partial charge in [-0.15, -0.1) is 0 Å². The molecule has 1 amide bonds. The maximum atomic E-state index is 11.6. The third-order valence-corrected chi connectivity index (χ3v) is 2.49. The summed E-state index contributed by atoms with van der Waals surface area (Å²) in [6.45, 7) is 4.61. The normalized spacial score (nSPS) is 12.2. The maximum Gasteiger partial charge on any atom is 0.224 e. The van der Waals surface area contributed by atoms with E-state index in [9.17, 15) is 4.79 Å². The number of nitrogens with one attached hydrogen (secondary N) is 1. The van der Waals surface area contributed by atoms with Gasteiger partial charge < -0.3 is 11.1 Å². The summed E-state index contributed by atoms with van der Waals surface area (Å²) in [5, 5.41) is 2.92. The molecule has 1 rings (SSSR count). The molecule has 0 bridgehead atoms. The highest BCUT2D eigenvalue weighted by Gasteiger charge is 2.06. The van der Waals surface area contributed by atoms with Crippen molar-refractivity contribution in [2.24, 2.45) is 5.73 Å². The number of benzene rings is 1. The molecule has 0 heterocycles. The lowest BCUT2D eigenvalue weighted by Crippen LogP contribution is -2.35. The molecule has 0 spiro atoms. The lowest BCUT2D eigenvalue weighted by molar-refractivity contribution is -0.121. The van der Waals surface area contributed by atoms with Gasteiger partial charge in [-0.25, -0.2) is 0 Å². The van der Waals surface area contributed by atoms with Crippen molar-refractivity contribution in [2.45, 2.75) is 32.7 Å². The van der Waals surface area contributed by atoms with Crippen molar-refractivity contribution in [1.82, 2.24) is 5.32 Å². The molecule has 1 unspecified atom stereocenters. The maximum absolute atomic E-state index is 11.6. The van der Waals surface area contributed by atoms with E-state index < -0.39 is 0 Å². The molecule has 0 aromatic heterocycles. The topological polar surface area (TPSA) is 55.1 Å². The molecule has 16 heavy (non-hydrogen) atoms. The van der Waals surface area contributed by atoms with Crippen molar-refractivity contribution in [3.63, 3.8) is 0 Å². The highest BCUT2D eigenvalue weighted by Crippen LogP contribution is 2.04. The Morgan fingerprint density at radius 1 is 1.38 bits per heavy atom. The summed E-state index contributed by atoms with van der Waals surface area (Å²) in [5.74, 6) is 0.0600. The van der Waals surface area contributed by atoms with Crippen molar-refractivity contribution in [3.05, 3.63) is 35.4 Å². The van der Waals surface area contributed by atoms with Crippen LogP contribution in [0.3, 0.4) is 0 Å². The Labute approximate surface area is 97.0 Å². The molecule has 1 atom stereocenters. The van der Waals surface area contributed by atoms with Gasteiger partial charge in [0, 0.05) is 6.04 Å². The first-order valence-corrected chi connectivity index (χ1v) is 5.67. The fourth-order valence-corrected chi connectivity index (χ4v) is 1.54. The number of hydrogen-bond acceptors (Lipinski definition) is 2. The van der Waals surface area contributed by atoms with Gasteiger partial charge in [0.25, 0.3) is 0 Å². The van der Waals surface area contributed by atoms with Crippen LogP contribution >= 0.6 is 0 Å². The van der Waals surface area contributed by atoms with Crippen LogP contribution in [0.15, 0.2) is 24.3 Å². The fraction of sp³-hybridized carbons (Fsp3) is 0.462. The number of hydrogen-bond donors (Lipinski definition) is 2. The minimum Gasteiger partial charge on any atom is -0.353 e.